The Morgan fingerprint density at radius 2 is 1.95 bits per heavy atom. The van der Waals surface area contributed by atoms with Gasteiger partial charge in [-0.15, -0.1) is 0 Å². The number of carboxylic acid groups (broad SMARTS) is 1. The molecule has 7 nitrogen and oxygen atoms in total. The van der Waals surface area contributed by atoms with Crippen LogP contribution in [-0.4, -0.2) is 88.8 Å². The lowest BCUT2D eigenvalue weighted by Gasteiger charge is -2.34. The predicted octanol–water partition coefficient (Wildman–Crippen LogP) is -0.102. The molecule has 0 bridgehead atoms. The Labute approximate surface area is 119 Å². The summed E-state index contributed by atoms with van der Waals surface area (Å²) in [6, 6.07) is -0.593. The van der Waals surface area contributed by atoms with E-state index in [1.807, 2.05) is 19.0 Å². The standard InChI is InChI=1S/C13H25N3O4/c1-9(2)15(8-12(18)19)13(20)16-7-11(17)5-10(16)6-14(3)4/h9-11,17H,5-8H2,1-4H3,(H,18,19). The zero-order valence-corrected chi connectivity index (χ0v) is 12.6. The molecule has 0 aromatic heterocycles. The Bertz CT molecular complexity index is 360. The summed E-state index contributed by atoms with van der Waals surface area (Å²) in [5.74, 6) is -1.03. The number of aliphatic hydroxyl groups excluding tert-OH is 1. The Balaban J connectivity index is 2.82. The van der Waals surface area contributed by atoms with Gasteiger partial charge in [-0.1, -0.05) is 0 Å². The van der Waals surface area contributed by atoms with Crippen LogP contribution in [0, 0.1) is 0 Å². The van der Waals surface area contributed by atoms with Crippen molar-refractivity contribution in [1.29, 1.82) is 0 Å². The molecule has 0 aromatic rings. The maximum Gasteiger partial charge on any atom is 0.323 e. The molecule has 2 amide bonds. The first-order valence-electron chi connectivity index (χ1n) is 6.84. The number of aliphatic carboxylic acids is 1. The molecule has 0 aromatic carbocycles. The Kier molecular flexibility index (Phi) is 5.76. The van der Waals surface area contributed by atoms with Crippen molar-refractivity contribution < 1.29 is 19.8 Å². The third-order valence-electron chi connectivity index (χ3n) is 3.39. The maximum absolute atomic E-state index is 12.5. The van der Waals surface area contributed by atoms with Gasteiger partial charge in [0.05, 0.1) is 6.10 Å². The number of amides is 2. The normalized spacial score (nSPS) is 22.6. The summed E-state index contributed by atoms with van der Waals surface area (Å²) < 4.78 is 0. The molecule has 1 aliphatic rings. The average Bonchev–Trinajstić information content (AvgIpc) is 2.64. The number of hydrogen-bond acceptors (Lipinski definition) is 4. The highest BCUT2D eigenvalue weighted by Gasteiger charge is 2.37. The zero-order chi connectivity index (χ0) is 15.4. The minimum Gasteiger partial charge on any atom is -0.480 e. The highest BCUT2D eigenvalue weighted by molar-refractivity contribution is 5.81. The second kappa shape index (κ2) is 6.90. The zero-order valence-electron chi connectivity index (χ0n) is 12.6. The number of nitrogens with zero attached hydrogens (tertiary/aromatic N) is 3. The van der Waals surface area contributed by atoms with Crippen LogP contribution in [-0.2, 0) is 4.79 Å². The Hall–Kier alpha value is -1.34. The fraction of sp³-hybridized carbons (Fsp3) is 0.846. The van der Waals surface area contributed by atoms with Gasteiger partial charge in [-0.05, 0) is 34.4 Å². The summed E-state index contributed by atoms with van der Waals surface area (Å²) >= 11 is 0. The van der Waals surface area contributed by atoms with E-state index >= 15 is 0 Å². The van der Waals surface area contributed by atoms with Gasteiger partial charge in [-0.25, -0.2) is 4.79 Å². The van der Waals surface area contributed by atoms with Gasteiger partial charge in [0.2, 0.25) is 0 Å². The van der Waals surface area contributed by atoms with E-state index in [1.165, 1.54) is 4.90 Å². The molecule has 1 heterocycles. The smallest absolute Gasteiger partial charge is 0.323 e. The van der Waals surface area contributed by atoms with E-state index in [9.17, 15) is 14.7 Å². The summed E-state index contributed by atoms with van der Waals surface area (Å²) in [5.41, 5.74) is 0. The predicted molar refractivity (Wildman–Crippen MR) is 74.5 cm³/mol. The largest absolute Gasteiger partial charge is 0.480 e. The number of aliphatic hydroxyl groups is 1. The number of carbonyl (C=O) groups is 2. The van der Waals surface area contributed by atoms with E-state index in [1.54, 1.807) is 18.7 Å². The quantitative estimate of drug-likeness (QED) is 0.737. The van der Waals surface area contributed by atoms with Gasteiger partial charge < -0.3 is 24.9 Å². The highest BCUT2D eigenvalue weighted by atomic mass is 16.4. The molecule has 1 rings (SSSR count). The number of rotatable bonds is 5. The summed E-state index contributed by atoms with van der Waals surface area (Å²) in [7, 11) is 3.82. The van der Waals surface area contributed by atoms with Gasteiger partial charge >= 0.3 is 12.0 Å². The molecular weight excluding hydrogens is 262 g/mol. The fourth-order valence-electron chi connectivity index (χ4n) is 2.50. The molecule has 2 atom stereocenters. The van der Waals surface area contributed by atoms with Crippen LogP contribution >= 0.6 is 0 Å². The molecule has 20 heavy (non-hydrogen) atoms. The van der Waals surface area contributed by atoms with Crippen molar-refractivity contribution in [2.45, 2.75) is 38.5 Å². The van der Waals surface area contributed by atoms with Crippen LogP contribution in [0.15, 0.2) is 0 Å². The lowest BCUT2D eigenvalue weighted by atomic mass is 10.2. The molecule has 1 fully saturated rings. The Morgan fingerprint density at radius 3 is 2.40 bits per heavy atom. The summed E-state index contributed by atoms with van der Waals surface area (Å²) in [4.78, 5) is 28.3. The van der Waals surface area contributed by atoms with Crippen LogP contribution in [0.25, 0.3) is 0 Å². The molecule has 2 N–H and O–H groups in total. The van der Waals surface area contributed by atoms with E-state index in [0.29, 0.717) is 13.0 Å². The number of likely N-dealkylation sites (tertiary alicyclic amines) is 1. The molecule has 7 heteroatoms. The van der Waals surface area contributed by atoms with Gasteiger partial charge in [-0.2, -0.15) is 0 Å². The van der Waals surface area contributed by atoms with Gasteiger partial charge in [0.15, 0.2) is 0 Å². The summed E-state index contributed by atoms with van der Waals surface area (Å²) in [6.45, 7) is 4.17. The molecule has 0 radical (unpaired) electrons. The van der Waals surface area contributed by atoms with Crippen LogP contribution in [0.5, 0.6) is 0 Å². The van der Waals surface area contributed by atoms with Gasteiger partial charge in [0.1, 0.15) is 6.54 Å². The second-order valence-electron chi connectivity index (χ2n) is 5.86. The first-order valence-corrected chi connectivity index (χ1v) is 6.84. The number of carboxylic acids is 1. The van der Waals surface area contributed by atoms with Gasteiger partial charge in [-0.3, -0.25) is 4.79 Å². The first kappa shape index (κ1) is 16.7. The number of hydrogen-bond donors (Lipinski definition) is 2. The Morgan fingerprint density at radius 1 is 1.35 bits per heavy atom. The lowest BCUT2D eigenvalue weighted by Crippen LogP contribution is -2.51. The highest BCUT2D eigenvalue weighted by Crippen LogP contribution is 2.21. The van der Waals surface area contributed by atoms with Crippen molar-refractivity contribution in [3.63, 3.8) is 0 Å². The lowest BCUT2D eigenvalue weighted by molar-refractivity contribution is -0.138. The molecular formula is C13H25N3O4. The third-order valence-corrected chi connectivity index (χ3v) is 3.39. The van der Waals surface area contributed by atoms with Crippen LogP contribution in [0.4, 0.5) is 4.79 Å². The summed E-state index contributed by atoms with van der Waals surface area (Å²) in [6.07, 6.45) is -0.00845. The van der Waals surface area contributed by atoms with Crippen LogP contribution in [0.2, 0.25) is 0 Å². The minimum absolute atomic E-state index is 0.0810. The van der Waals surface area contributed by atoms with Crippen molar-refractivity contribution in [2.24, 2.45) is 0 Å². The van der Waals surface area contributed by atoms with Crippen molar-refractivity contribution in [3.8, 4) is 0 Å². The van der Waals surface area contributed by atoms with E-state index in [2.05, 4.69) is 0 Å². The van der Waals surface area contributed by atoms with Crippen molar-refractivity contribution >= 4 is 12.0 Å². The molecule has 1 aliphatic heterocycles. The molecule has 0 aliphatic carbocycles. The molecule has 0 saturated carbocycles. The summed E-state index contributed by atoms with van der Waals surface area (Å²) in [5, 5.41) is 18.7. The van der Waals surface area contributed by atoms with Crippen molar-refractivity contribution in [1.82, 2.24) is 14.7 Å². The van der Waals surface area contributed by atoms with E-state index in [-0.39, 0.29) is 31.2 Å². The average molecular weight is 287 g/mol. The first-order chi connectivity index (χ1) is 9.22. The minimum atomic E-state index is -1.03. The van der Waals surface area contributed by atoms with E-state index in [0.717, 1.165) is 0 Å². The van der Waals surface area contributed by atoms with Crippen LogP contribution in [0.1, 0.15) is 20.3 Å². The van der Waals surface area contributed by atoms with Gasteiger partial charge in [0, 0.05) is 25.2 Å². The monoisotopic (exact) mass is 287 g/mol. The topological polar surface area (TPSA) is 84.3 Å². The molecule has 1 saturated heterocycles. The number of likely N-dealkylation sites (N-methyl/N-ethyl adjacent to an activating group) is 1. The maximum atomic E-state index is 12.5. The molecule has 0 spiro atoms. The fourth-order valence-corrected chi connectivity index (χ4v) is 2.50. The van der Waals surface area contributed by atoms with E-state index < -0.39 is 12.1 Å². The second-order valence-corrected chi connectivity index (χ2v) is 5.86. The number of urea groups is 1. The van der Waals surface area contributed by atoms with Crippen molar-refractivity contribution in [2.75, 3.05) is 33.7 Å². The third kappa shape index (κ3) is 4.35. The van der Waals surface area contributed by atoms with E-state index in [4.69, 9.17) is 5.11 Å². The van der Waals surface area contributed by atoms with Crippen LogP contribution < -0.4 is 0 Å². The van der Waals surface area contributed by atoms with Gasteiger partial charge in [0.25, 0.3) is 0 Å². The SMILES string of the molecule is CC(C)N(CC(=O)O)C(=O)N1CC(O)CC1CN(C)C. The van der Waals surface area contributed by atoms with Crippen LogP contribution in [0.3, 0.4) is 0 Å². The molecule has 116 valence electrons. The molecule has 2 unspecified atom stereocenters. The number of carbonyl (C=O) groups excluding carboxylic acids is 1. The van der Waals surface area contributed by atoms with Crippen molar-refractivity contribution in [3.05, 3.63) is 0 Å². The number of β-amino-alcohol motifs (C(OH)–C–C–N with tert-alkyl or cyclic N) is 1.